The fraction of sp³-hybridized carbons (Fsp3) is 0.588. The maximum Gasteiger partial charge on any atom is 0.223 e. The van der Waals surface area contributed by atoms with Gasteiger partial charge in [0.1, 0.15) is 0 Å². The Balaban J connectivity index is 2.23. The minimum atomic E-state index is -0.379. The maximum atomic E-state index is 12.7. The quantitative estimate of drug-likeness (QED) is 0.844. The van der Waals surface area contributed by atoms with E-state index in [1.807, 2.05) is 12.1 Å². The second-order valence-electron chi connectivity index (χ2n) is 5.93. The molecule has 1 aromatic carbocycles. The van der Waals surface area contributed by atoms with Crippen LogP contribution in [0.25, 0.3) is 0 Å². The molecule has 0 atom stereocenters. The summed E-state index contributed by atoms with van der Waals surface area (Å²) in [5.41, 5.74) is 0.644. The number of rotatable bonds is 5. The van der Waals surface area contributed by atoms with Crippen molar-refractivity contribution in [3.63, 3.8) is 0 Å². The van der Waals surface area contributed by atoms with Gasteiger partial charge in [0.2, 0.25) is 5.91 Å². The molecule has 0 spiro atoms. The lowest BCUT2D eigenvalue weighted by atomic mass is 9.83. The average molecular weight is 343 g/mol. The fourth-order valence-corrected chi connectivity index (χ4v) is 3.42. The van der Waals surface area contributed by atoms with E-state index in [0.29, 0.717) is 10.0 Å². The molecule has 1 saturated heterocycles. The number of hydrogen-bond donors (Lipinski definition) is 2. The van der Waals surface area contributed by atoms with Crippen LogP contribution in [0.2, 0.25) is 10.0 Å². The summed E-state index contributed by atoms with van der Waals surface area (Å²) in [7, 11) is 0. The third kappa shape index (κ3) is 3.76. The fourth-order valence-electron chi connectivity index (χ4n) is 3.12. The molecule has 2 N–H and O–H groups in total. The zero-order chi connectivity index (χ0) is 16.2. The highest BCUT2D eigenvalue weighted by atomic mass is 35.5. The Labute approximate surface area is 142 Å². The molecule has 0 unspecified atom stereocenters. The highest BCUT2D eigenvalue weighted by molar-refractivity contribution is 6.42. The Bertz CT molecular complexity index is 523. The van der Waals surface area contributed by atoms with E-state index in [2.05, 4.69) is 24.5 Å². The summed E-state index contributed by atoms with van der Waals surface area (Å²) >= 11 is 12.2. The van der Waals surface area contributed by atoms with Gasteiger partial charge in [0.25, 0.3) is 0 Å². The van der Waals surface area contributed by atoms with E-state index in [0.717, 1.165) is 44.3 Å². The van der Waals surface area contributed by atoms with E-state index < -0.39 is 0 Å². The lowest BCUT2D eigenvalue weighted by molar-refractivity contribution is -0.128. The smallest absolute Gasteiger partial charge is 0.223 e. The van der Waals surface area contributed by atoms with Crippen LogP contribution >= 0.6 is 23.2 Å². The van der Waals surface area contributed by atoms with Crippen molar-refractivity contribution in [3.8, 4) is 0 Å². The average Bonchev–Trinajstić information content (AvgIpc) is 2.56. The number of carbonyl (C=O) groups is 1. The molecule has 0 aromatic heterocycles. The first-order valence-corrected chi connectivity index (χ1v) is 8.76. The standard InChI is InChI=1S/C17H24Cl2N2O/c1-3-17(4-2,13-5-6-14(18)15(19)11-13)21-16(22)12-7-9-20-10-8-12/h5-6,11-12,20H,3-4,7-10H2,1-2H3,(H,21,22). The molecular formula is C17H24Cl2N2O. The van der Waals surface area contributed by atoms with Crippen LogP contribution < -0.4 is 10.6 Å². The van der Waals surface area contributed by atoms with Crippen LogP contribution in [0.5, 0.6) is 0 Å². The number of benzene rings is 1. The van der Waals surface area contributed by atoms with Crippen LogP contribution in [-0.2, 0) is 10.3 Å². The lowest BCUT2D eigenvalue weighted by Crippen LogP contribution is -2.49. The number of nitrogens with one attached hydrogen (secondary N) is 2. The van der Waals surface area contributed by atoms with Crippen LogP contribution in [0.1, 0.15) is 45.1 Å². The number of amides is 1. The zero-order valence-electron chi connectivity index (χ0n) is 13.2. The van der Waals surface area contributed by atoms with Gasteiger partial charge < -0.3 is 10.6 Å². The van der Waals surface area contributed by atoms with Crippen molar-refractivity contribution in [2.75, 3.05) is 13.1 Å². The predicted molar refractivity (Wildman–Crippen MR) is 92.5 cm³/mol. The van der Waals surface area contributed by atoms with Gasteiger partial charge in [-0.05, 0) is 56.5 Å². The Kier molecular flexibility index (Phi) is 6.13. The van der Waals surface area contributed by atoms with Crippen molar-refractivity contribution in [2.24, 2.45) is 5.92 Å². The normalized spacial score (nSPS) is 16.5. The van der Waals surface area contributed by atoms with Crippen LogP contribution in [0.4, 0.5) is 0 Å². The van der Waals surface area contributed by atoms with Gasteiger partial charge in [-0.3, -0.25) is 4.79 Å². The van der Waals surface area contributed by atoms with Gasteiger partial charge in [0, 0.05) is 5.92 Å². The molecule has 1 aliphatic heterocycles. The summed E-state index contributed by atoms with van der Waals surface area (Å²) < 4.78 is 0. The third-order valence-electron chi connectivity index (χ3n) is 4.75. The van der Waals surface area contributed by atoms with Crippen molar-refractivity contribution < 1.29 is 4.79 Å². The van der Waals surface area contributed by atoms with Gasteiger partial charge in [0.05, 0.1) is 15.6 Å². The topological polar surface area (TPSA) is 41.1 Å². The van der Waals surface area contributed by atoms with Crippen LogP contribution in [0.3, 0.4) is 0 Å². The molecule has 0 saturated carbocycles. The van der Waals surface area contributed by atoms with E-state index in [4.69, 9.17) is 23.2 Å². The lowest BCUT2D eigenvalue weighted by Gasteiger charge is -2.36. The number of carbonyl (C=O) groups excluding carboxylic acids is 1. The SMILES string of the molecule is CCC(CC)(NC(=O)C1CCNCC1)c1ccc(Cl)c(Cl)c1. The summed E-state index contributed by atoms with van der Waals surface area (Å²) in [5, 5.41) is 7.66. The largest absolute Gasteiger partial charge is 0.346 e. The van der Waals surface area contributed by atoms with E-state index in [1.165, 1.54) is 0 Å². The molecular weight excluding hydrogens is 319 g/mol. The van der Waals surface area contributed by atoms with Crippen LogP contribution in [-0.4, -0.2) is 19.0 Å². The van der Waals surface area contributed by atoms with E-state index in [9.17, 15) is 4.79 Å². The molecule has 122 valence electrons. The predicted octanol–water partition coefficient (Wildman–Crippen LogP) is 4.12. The number of halogens is 2. The molecule has 1 amide bonds. The monoisotopic (exact) mass is 342 g/mol. The molecule has 1 fully saturated rings. The summed E-state index contributed by atoms with van der Waals surface area (Å²) in [6.07, 6.45) is 3.43. The Morgan fingerprint density at radius 1 is 1.23 bits per heavy atom. The maximum absolute atomic E-state index is 12.7. The molecule has 3 nitrogen and oxygen atoms in total. The van der Waals surface area contributed by atoms with Crippen molar-refractivity contribution in [1.29, 1.82) is 0 Å². The number of hydrogen-bond acceptors (Lipinski definition) is 2. The third-order valence-corrected chi connectivity index (χ3v) is 5.49. The molecule has 0 radical (unpaired) electrons. The van der Waals surface area contributed by atoms with Crippen molar-refractivity contribution in [1.82, 2.24) is 10.6 Å². The van der Waals surface area contributed by atoms with Crippen molar-refractivity contribution in [2.45, 2.75) is 45.1 Å². The van der Waals surface area contributed by atoms with Gasteiger partial charge in [-0.2, -0.15) is 0 Å². The van der Waals surface area contributed by atoms with Gasteiger partial charge in [-0.1, -0.05) is 43.1 Å². The van der Waals surface area contributed by atoms with Crippen LogP contribution in [0.15, 0.2) is 18.2 Å². The second-order valence-corrected chi connectivity index (χ2v) is 6.75. The molecule has 5 heteroatoms. The molecule has 1 heterocycles. The molecule has 1 aliphatic rings. The Hall–Kier alpha value is -0.770. The van der Waals surface area contributed by atoms with Gasteiger partial charge in [-0.25, -0.2) is 0 Å². The minimum Gasteiger partial charge on any atom is -0.346 e. The molecule has 0 aliphatic carbocycles. The molecule has 0 bridgehead atoms. The Morgan fingerprint density at radius 2 is 1.86 bits per heavy atom. The van der Waals surface area contributed by atoms with Crippen molar-refractivity contribution >= 4 is 29.1 Å². The molecule has 2 rings (SSSR count). The number of piperidine rings is 1. The zero-order valence-corrected chi connectivity index (χ0v) is 14.7. The highest BCUT2D eigenvalue weighted by Crippen LogP contribution is 2.33. The van der Waals surface area contributed by atoms with E-state index >= 15 is 0 Å². The second kappa shape index (κ2) is 7.67. The van der Waals surface area contributed by atoms with Gasteiger partial charge >= 0.3 is 0 Å². The summed E-state index contributed by atoms with van der Waals surface area (Å²) in [4.78, 5) is 12.7. The highest BCUT2D eigenvalue weighted by Gasteiger charge is 2.33. The first kappa shape index (κ1) is 17.6. The first-order valence-electron chi connectivity index (χ1n) is 8.00. The van der Waals surface area contributed by atoms with Gasteiger partial charge in [-0.15, -0.1) is 0 Å². The summed E-state index contributed by atoms with van der Waals surface area (Å²) in [6.45, 7) is 6.01. The van der Waals surface area contributed by atoms with Crippen LogP contribution in [0, 0.1) is 5.92 Å². The molecule has 1 aromatic rings. The molecule has 22 heavy (non-hydrogen) atoms. The van der Waals surface area contributed by atoms with Crippen molar-refractivity contribution in [3.05, 3.63) is 33.8 Å². The summed E-state index contributed by atoms with van der Waals surface area (Å²) in [5.74, 6) is 0.248. The minimum absolute atomic E-state index is 0.0986. The van der Waals surface area contributed by atoms with E-state index in [-0.39, 0.29) is 17.4 Å². The first-order chi connectivity index (χ1) is 10.5. The Morgan fingerprint density at radius 3 is 2.41 bits per heavy atom. The van der Waals surface area contributed by atoms with E-state index in [1.54, 1.807) is 6.07 Å². The summed E-state index contributed by atoms with van der Waals surface area (Å²) in [6, 6.07) is 5.64. The van der Waals surface area contributed by atoms with Gasteiger partial charge in [0.15, 0.2) is 0 Å².